The smallest absolute Gasteiger partial charge is 0.410 e. The van der Waals surface area contributed by atoms with Crippen molar-refractivity contribution in [2.45, 2.75) is 109 Å². The Hall–Kier alpha value is -5.68. The highest BCUT2D eigenvalue weighted by Crippen LogP contribution is 2.47. The first-order valence-corrected chi connectivity index (χ1v) is 18.5. The molecule has 0 saturated heterocycles. The molecule has 4 amide bonds. The lowest BCUT2D eigenvalue weighted by Crippen LogP contribution is -2.51. The van der Waals surface area contributed by atoms with Crippen LogP contribution in [0, 0.1) is 11.8 Å². The lowest BCUT2D eigenvalue weighted by atomic mass is 9.95. The molecule has 18 heteroatoms. The number of esters is 1. The fourth-order valence-electron chi connectivity index (χ4n) is 6.91. The average molecular weight is 781 g/mol. The zero-order valence-electron chi connectivity index (χ0n) is 32.9. The molecule has 6 atom stereocenters. The van der Waals surface area contributed by atoms with Gasteiger partial charge in [-0.1, -0.05) is 12.2 Å². The second-order valence-electron chi connectivity index (χ2n) is 16.5. The van der Waals surface area contributed by atoms with Crippen molar-refractivity contribution >= 4 is 35.9 Å². The Morgan fingerprint density at radius 1 is 0.804 bits per heavy atom. The van der Waals surface area contributed by atoms with E-state index in [2.05, 4.69) is 44.2 Å². The minimum atomic E-state index is -1.33. The van der Waals surface area contributed by atoms with Crippen LogP contribution >= 0.6 is 0 Å². The molecule has 0 bridgehead atoms. The lowest BCUT2D eigenvalue weighted by molar-refractivity contribution is -0.149. The summed E-state index contributed by atoms with van der Waals surface area (Å²) in [6, 6.07) is 0. The van der Waals surface area contributed by atoms with E-state index in [-0.39, 0.29) is 44.0 Å². The number of aliphatic carboxylic acids is 1. The van der Waals surface area contributed by atoms with Crippen molar-refractivity contribution in [1.29, 1.82) is 0 Å². The van der Waals surface area contributed by atoms with Gasteiger partial charge in [0.1, 0.15) is 22.3 Å². The van der Waals surface area contributed by atoms with Crippen LogP contribution in [0.25, 0.3) is 0 Å². The summed E-state index contributed by atoms with van der Waals surface area (Å²) in [4.78, 5) is 78.0. The minimum Gasteiger partial charge on any atom is -0.479 e. The van der Waals surface area contributed by atoms with Crippen molar-refractivity contribution in [3.8, 4) is 0 Å². The molecular weight excluding hydrogens is 728 g/mol. The third kappa shape index (κ3) is 8.73. The summed E-state index contributed by atoms with van der Waals surface area (Å²) in [5, 5.41) is 28.6. The quantitative estimate of drug-likeness (QED) is 0.140. The number of fused-ring (bicyclic) bond motifs is 2. The molecule has 0 radical (unpaired) electrons. The lowest BCUT2D eigenvalue weighted by Gasteiger charge is -2.33. The topological polar surface area (TPSA) is 238 Å². The highest BCUT2D eigenvalue weighted by atomic mass is 16.6. The van der Waals surface area contributed by atoms with Crippen molar-refractivity contribution in [3.05, 3.63) is 60.2 Å². The summed E-state index contributed by atoms with van der Waals surface area (Å²) < 4.78 is 16.0. The number of carboxylic acids is 1. The van der Waals surface area contributed by atoms with Gasteiger partial charge in [-0.15, -0.1) is 13.2 Å². The predicted molar refractivity (Wildman–Crippen MR) is 199 cm³/mol. The number of carbonyl (C=O) groups excluding carboxylic acids is 5. The summed E-state index contributed by atoms with van der Waals surface area (Å²) in [5.74, 6) is -4.37. The molecule has 56 heavy (non-hydrogen) atoms. The Morgan fingerprint density at radius 3 is 1.57 bits per heavy atom. The number of nitrogens with zero attached hydrogens (tertiary/aromatic N) is 4. The summed E-state index contributed by atoms with van der Waals surface area (Å²) in [7, 11) is 0. The average Bonchev–Trinajstić information content (AvgIpc) is 3.84. The number of aromatic nitrogens is 4. The third-order valence-electron chi connectivity index (χ3n) is 9.98. The molecular formula is C38H52N8O10. The molecule has 18 nitrogen and oxygen atoms in total. The number of hydrogen-bond acceptors (Lipinski definition) is 11. The number of hydrogen-bond donors (Lipinski definition) is 5. The molecule has 5 N–H and O–H groups in total. The molecule has 2 aromatic heterocycles. The molecule has 0 aromatic carbocycles. The number of amides is 4. The number of ether oxygens (including phenoxy) is 3. The van der Waals surface area contributed by atoms with E-state index in [1.807, 2.05) is 0 Å². The largest absolute Gasteiger partial charge is 0.479 e. The van der Waals surface area contributed by atoms with Crippen LogP contribution in [0.2, 0.25) is 0 Å². The first-order chi connectivity index (χ1) is 26.2. The number of carboxylic acid groups (broad SMARTS) is 1. The highest BCUT2D eigenvalue weighted by molar-refractivity contribution is 5.95. The van der Waals surface area contributed by atoms with Gasteiger partial charge in [0.05, 0.1) is 55.3 Å². The standard InChI is InChI=1S/C20H28N4O5.C18H24N4O5/c1-6-13-8-20(13,17(26)28-7-2)22-16(25)14-11-24(18(27)29-19(3,4)5)10-12-9-21-23-15(12)14;1-5-11-6-18(11,15(24)25)20-14(23)12-9-22(16(26)27-17(2,3)4)8-10-7-19-21-13(10)12/h6,9,13-14H,1,7-8,10-11H2,2-5H3,(H,21,23)(H,22,25);5,7,11-12H,1,6,8-9H2,2-4H3,(H,19,21)(H,20,23)(H,24,25)/t13-,14?,20-;11-,12?,18-/m11/s1. The minimum absolute atomic E-state index is 0.0738. The van der Waals surface area contributed by atoms with Gasteiger partial charge in [0.25, 0.3) is 0 Å². The van der Waals surface area contributed by atoms with Crippen LogP contribution in [-0.4, -0.2) is 113 Å². The molecule has 2 saturated carbocycles. The molecule has 2 aliphatic heterocycles. The van der Waals surface area contributed by atoms with E-state index in [9.17, 15) is 33.9 Å². The maximum absolute atomic E-state index is 13.2. The van der Waals surface area contributed by atoms with E-state index in [1.54, 1.807) is 66.9 Å². The predicted octanol–water partition coefficient (Wildman–Crippen LogP) is 3.26. The molecule has 4 heterocycles. The number of H-pyrrole nitrogens is 2. The van der Waals surface area contributed by atoms with Crippen LogP contribution in [0.3, 0.4) is 0 Å². The number of rotatable bonds is 9. The van der Waals surface area contributed by atoms with Gasteiger partial charge in [0.2, 0.25) is 11.8 Å². The second kappa shape index (κ2) is 15.5. The maximum atomic E-state index is 13.2. The Morgan fingerprint density at radius 2 is 1.21 bits per heavy atom. The van der Waals surface area contributed by atoms with Crippen molar-refractivity contribution in [3.63, 3.8) is 0 Å². The Bertz CT molecular complexity index is 1890. The van der Waals surface area contributed by atoms with Crippen molar-refractivity contribution < 1.29 is 48.1 Å². The summed E-state index contributed by atoms with van der Waals surface area (Å²) >= 11 is 0. The fraction of sp³-hybridized carbons (Fsp3) is 0.579. The molecule has 2 aliphatic carbocycles. The van der Waals surface area contributed by atoms with E-state index in [0.717, 1.165) is 5.56 Å². The van der Waals surface area contributed by atoms with Crippen LogP contribution in [-0.2, 0) is 46.5 Å². The van der Waals surface area contributed by atoms with E-state index < -0.39 is 64.1 Å². The maximum Gasteiger partial charge on any atom is 0.410 e. The molecule has 2 unspecified atom stereocenters. The van der Waals surface area contributed by atoms with Gasteiger partial charge in [-0.05, 0) is 61.3 Å². The Labute approximate surface area is 324 Å². The number of carbonyl (C=O) groups is 6. The monoisotopic (exact) mass is 780 g/mol. The fourth-order valence-corrected chi connectivity index (χ4v) is 6.91. The zero-order valence-corrected chi connectivity index (χ0v) is 32.9. The van der Waals surface area contributed by atoms with E-state index in [1.165, 1.54) is 15.9 Å². The highest BCUT2D eigenvalue weighted by Gasteiger charge is 2.62. The van der Waals surface area contributed by atoms with Gasteiger partial charge in [-0.2, -0.15) is 10.2 Å². The Balaban J connectivity index is 0.000000215. The molecule has 6 rings (SSSR count). The zero-order chi connectivity index (χ0) is 41.4. The normalized spacial score (nSPS) is 26.1. The Kier molecular flexibility index (Phi) is 11.4. The summed E-state index contributed by atoms with van der Waals surface area (Å²) in [5.41, 5.74) is -1.07. The van der Waals surface area contributed by atoms with Crippen molar-refractivity contribution in [2.75, 3.05) is 19.7 Å². The van der Waals surface area contributed by atoms with Gasteiger partial charge in [-0.25, -0.2) is 19.2 Å². The first kappa shape index (κ1) is 41.5. The molecule has 2 fully saturated rings. The van der Waals surface area contributed by atoms with Crippen molar-refractivity contribution in [2.24, 2.45) is 11.8 Å². The van der Waals surface area contributed by atoms with Gasteiger partial charge < -0.3 is 39.8 Å². The van der Waals surface area contributed by atoms with Crippen LogP contribution < -0.4 is 10.6 Å². The van der Waals surface area contributed by atoms with Crippen LogP contribution in [0.15, 0.2) is 37.7 Å². The molecule has 2 aromatic rings. The number of aromatic amines is 2. The van der Waals surface area contributed by atoms with E-state index in [4.69, 9.17) is 14.2 Å². The van der Waals surface area contributed by atoms with E-state index in [0.29, 0.717) is 36.3 Å². The van der Waals surface area contributed by atoms with Crippen LogP contribution in [0.1, 0.15) is 95.7 Å². The van der Waals surface area contributed by atoms with Gasteiger partial charge in [0, 0.05) is 36.1 Å². The van der Waals surface area contributed by atoms with E-state index >= 15 is 0 Å². The second-order valence-corrected chi connectivity index (χ2v) is 16.5. The van der Waals surface area contributed by atoms with Gasteiger partial charge in [0.15, 0.2) is 0 Å². The van der Waals surface area contributed by atoms with Gasteiger partial charge in [-0.3, -0.25) is 19.8 Å². The van der Waals surface area contributed by atoms with Crippen LogP contribution in [0.4, 0.5) is 9.59 Å². The molecule has 4 aliphatic rings. The summed E-state index contributed by atoms with van der Waals surface area (Å²) in [6.45, 7) is 20.7. The van der Waals surface area contributed by atoms with Crippen molar-refractivity contribution in [1.82, 2.24) is 40.8 Å². The SMILES string of the molecule is C=C[C@@H]1C[C@]1(NC(=O)C1CN(C(=O)OC(C)(C)C)Cc2cn[nH]c21)C(=O)O.C=C[C@@H]1C[C@]1(NC(=O)C1CN(C(=O)OC(C)(C)C)Cc2cn[nH]c21)C(=O)OCC. The molecule has 304 valence electrons. The molecule has 0 spiro atoms. The van der Waals surface area contributed by atoms with Gasteiger partial charge >= 0.3 is 24.1 Å². The summed E-state index contributed by atoms with van der Waals surface area (Å²) in [6.07, 6.45) is 6.04. The third-order valence-corrected chi connectivity index (χ3v) is 9.98. The number of nitrogens with one attached hydrogen (secondary N) is 4. The first-order valence-electron chi connectivity index (χ1n) is 18.5. The van der Waals surface area contributed by atoms with Crippen LogP contribution in [0.5, 0.6) is 0 Å².